The number of nitrogens with zero attached hydrogens (tertiary/aromatic N) is 3. The van der Waals surface area contributed by atoms with Crippen molar-refractivity contribution in [3.8, 4) is 6.07 Å². The van der Waals surface area contributed by atoms with Gasteiger partial charge in [0, 0.05) is 24.2 Å². The molecule has 28 heavy (non-hydrogen) atoms. The van der Waals surface area contributed by atoms with Gasteiger partial charge in [0.1, 0.15) is 5.69 Å². The summed E-state index contributed by atoms with van der Waals surface area (Å²) in [5, 5.41) is 9.97. The summed E-state index contributed by atoms with van der Waals surface area (Å²) in [5.74, 6) is -0.182. The van der Waals surface area contributed by atoms with Crippen LogP contribution in [0.3, 0.4) is 0 Å². The molecule has 0 saturated carbocycles. The zero-order chi connectivity index (χ0) is 19.9. The maximum absolute atomic E-state index is 12.3. The van der Waals surface area contributed by atoms with E-state index in [1.807, 2.05) is 49.6 Å². The van der Waals surface area contributed by atoms with Gasteiger partial charge in [-0.3, -0.25) is 9.52 Å². The number of hydrogen-bond acceptors (Lipinski definition) is 6. The first kappa shape index (κ1) is 19.9. The normalized spacial score (nSPS) is 10.3. The summed E-state index contributed by atoms with van der Waals surface area (Å²) in [7, 11) is 0. The topological polar surface area (TPSA) is 69.0 Å². The van der Waals surface area contributed by atoms with Gasteiger partial charge in [-0.1, -0.05) is 54.4 Å². The van der Waals surface area contributed by atoms with E-state index < -0.39 is 0 Å². The van der Waals surface area contributed by atoms with Crippen molar-refractivity contribution < 1.29 is 4.79 Å². The molecule has 1 heterocycles. The average molecular weight is 409 g/mol. The van der Waals surface area contributed by atoms with Gasteiger partial charge in [-0.2, -0.15) is 5.26 Å². The minimum atomic E-state index is -0.182. The number of thiazole rings is 1. The number of amides is 1. The number of aromatic nitrogens is 1. The van der Waals surface area contributed by atoms with Crippen molar-refractivity contribution in [1.29, 1.82) is 5.26 Å². The van der Waals surface area contributed by atoms with Crippen LogP contribution >= 0.6 is 23.3 Å². The number of nitriles is 1. The summed E-state index contributed by atoms with van der Waals surface area (Å²) >= 11 is 2.77. The van der Waals surface area contributed by atoms with Crippen LogP contribution < -0.4 is 9.62 Å². The lowest BCUT2D eigenvalue weighted by Crippen LogP contribution is -2.23. The fourth-order valence-electron chi connectivity index (χ4n) is 2.82. The Bertz CT molecular complexity index is 995. The molecule has 142 valence electrons. The van der Waals surface area contributed by atoms with Crippen LogP contribution in [0.2, 0.25) is 0 Å². The SMILES string of the molecule is CSNC(=O)c1nc(N(Cc2ccccc2)Cc2cccc(C#N)c2)sc1C. The second-order valence-electron chi connectivity index (χ2n) is 6.19. The Balaban J connectivity index is 1.93. The molecule has 1 N–H and O–H groups in total. The monoisotopic (exact) mass is 408 g/mol. The maximum Gasteiger partial charge on any atom is 0.280 e. The number of nitrogens with one attached hydrogen (secondary N) is 1. The summed E-state index contributed by atoms with van der Waals surface area (Å²) in [6, 6.07) is 19.9. The summed E-state index contributed by atoms with van der Waals surface area (Å²) in [6.45, 7) is 3.17. The Morgan fingerprint density at radius 2 is 1.89 bits per heavy atom. The molecule has 0 saturated heterocycles. The molecule has 5 nitrogen and oxygen atoms in total. The molecule has 0 fully saturated rings. The van der Waals surface area contributed by atoms with Crippen molar-refractivity contribution in [2.45, 2.75) is 20.0 Å². The third kappa shape index (κ3) is 4.91. The van der Waals surface area contributed by atoms with Crippen LogP contribution in [0.5, 0.6) is 0 Å². The van der Waals surface area contributed by atoms with Gasteiger partial charge in [-0.25, -0.2) is 4.98 Å². The van der Waals surface area contributed by atoms with Crippen molar-refractivity contribution in [1.82, 2.24) is 9.71 Å². The number of carbonyl (C=O) groups excluding carboxylic acids is 1. The van der Waals surface area contributed by atoms with E-state index in [0.717, 1.165) is 21.1 Å². The smallest absolute Gasteiger partial charge is 0.280 e. The van der Waals surface area contributed by atoms with Gasteiger partial charge in [0.2, 0.25) is 0 Å². The minimum absolute atomic E-state index is 0.182. The van der Waals surface area contributed by atoms with Crippen LogP contribution in [0.15, 0.2) is 54.6 Å². The maximum atomic E-state index is 12.3. The van der Waals surface area contributed by atoms with E-state index >= 15 is 0 Å². The van der Waals surface area contributed by atoms with Crippen LogP contribution in [0, 0.1) is 18.3 Å². The molecule has 3 aromatic rings. The molecule has 0 unspecified atom stereocenters. The van der Waals surface area contributed by atoms with Crippen LogP contribution in [0.1, 0.15) is 32.1 Å². The van der Waals surface area contributed by atoms with E-state index in [1.54, 1.807) is 6.07 Å². The number of aryl methyl sites for hydroxylation is 1. The first-order valence-corrected chi connectivity index (χ1v) is 10.7. The van der Waals surface area contributed by atoms with Crippen molar-refractivity contribution in [2.24, 2.45) is 0 Å². The summed E-state index contributed by atoms with van der Waals surface area (Å²) in [4.78, 5) is 19.9. The Kier molecular flexibility index (Phi) is 6.69. The van der Waals surface area contributed by atoms with E-state index in [4.69, 9.17) is 0 Å². The van der Waals surface area contributed by atoms with Gasteiger partial charge >= 0.3 is 0 Å². The second-order valence-corrected chi connectivity index (χ2v) is 7.98. The highest BCUT2D eigenvalue weighted by Crippen LogP contribution is 2.29. The van der Waals surface area contributed by atoms with E-state index in [2.05, 4.69) is 32.8 Å². The van der Waals surface area contributed by atoms with Crippen LogP contribution in [0.4, 0.5) is 5.13 Å². The highest BCUT2D eigenvalue weighted by Gasteiger charge is 2.19. The zero-order valence-electron chi connectivity index (χ0n) is 15.7. The van der Waals surface area contributed by atoms with Gasteiger partial charge in [-0.05, 0) is 30.2 Å². The molecule has 0 aliphatic rings. The van der Waals surface area contributed by atoms with Crippen LogP contribution in [-0.2, 0) is 13.1 Å². The Labute approximate surface area is 173 Å². The highest BCUT2D eigenvalue weighted by atomic mass is 32.2. The third-order valence-corrected chi connectivity index (χ3v) is 5.53. The van der Waals surface area contributed by atoms with Gasteiger partial charge in [0.15, 0.2) is 5.13 Å². The molecule has 0 aliphatic carbocycles. The summed E-state index contributed by atoms with van der Waals surface area (Å²) in [5.41, 5.74) is 3.27. The molecule has 1 amide bonds. The Morgan fingerprint density at radius 3 is 2.61 bits per heavy atom. The first-order valence-electron chi connectivity index (χ1n) is 8.69. The standard InChI is InChI=1S/C21H20N4OS2/c1-15-19(20(26)24-27-2)23-21(28-15)25(13-16-7-4-3-5-8-16)14-18-10-6-9-17(11-18)12-22/h3-11H,13-14H2,1-2H3,(H,24,26). The fraction of sp³-hybridized carbons (Fsp3) is 0.190. The van der Waals surface area contributed by atoms with E-state index in [0.29, 0.717) is 24.3 Å². The predicted octanol–water partition coefficient (Wildman–Crippen LogP) is 4.54. The lowest BCUT2D eigenvalue weighted by Gasteiger charge is -2.22. The van der Waals surface area contributed by atoms with Crippen molar-refractivity contribution in [3.63, 3.8) is 0 Å². The minimum Gasteiger partial charge on any atom is -0.339 e. The Morgan fingerprint density at radius 1 is 1.18 bits per heavy atom. The van der Waals surface area contributed by atoms with Crippen molar-refractivity contribution in [2.75, 3.05) is 11.2 Å². The lowest BCUT2D eigenvalue weighted by atomic mass is 10.1. The van der Waals surface area contributed by atoms with Crippen LogP contribution in [-0.4, -0.2) is 17.1 Å². The molecular formula is C21H20N4OS2. The molecule has 7 heteroatoms. The van der Waals surface area contributed by atoms with E-state index in [1.165, 1.54) is 23.3 Å². The fourth-order valence-corrected chi connectivity index (χ4v) is 4.01. The van der Waals surface area contributed by atoms with Gasteiger partial charge in [0.25, 0.3) is 5.91 Å². The number of anilines is 1. The summed E-state index contributed by atoms with van der Waals surface area (Å²) in [6.07, 6.45) is 1.81. The van der Waals surface area contributed by atoms with E-state index in [9.17, 15) is 10.1 Å². The van der Waals surface area contributed by atoms with Gasteiger partial charge in [0.05, 0.1) is 11.6 Å². The number of benzene rings is 2. The predicted molar refractivity (Wildman–Crippen MR) is 115 cm³/mol. The van der Waals surface area contributed by atoms with Gasteiger partial charge < -0.3 is 4.90 Å². The van der Waals surface area contributed by atoms with Crippen molar-refractivity contribution >= 4 is 34.3 Å². The molecule has 3 rings (SSSR count). The Hall–Kier alpha value is -2.82. The number of carbonyl (C=O) groups is 1. The molecule has 0 bridgehead atoms. The quantitative estimate of drug-likeness (QED) is 0.581. The molecule has 1 aromatic heterocycles. The molecule has 0 aliphatic heterocycles. The number of rotatable bonds is 7. The zero-order valence-corrected chi connectivity index (χ0v) is 17.3. The molecular weight excluding hydrogens is 388 g/mol. The molecule has 0 spiro atoms. The van der Waals surface area contributed by atoms with E-state index in [-0.39, 0.29) is 5.91 Å². The first-order chi connectivity index (χ1) is 13.6. The molecule has 0 radical (unpaired) electrons. The van der Waals surface area contributed by atoms with Crippen LogP contribution in [0.25, 0.3) is 0 Å². The number of hydrogen-bond donors (Lipinski definition) is 1. The lowest BCUT2D eigenvalue weighted by molar-refractivity contribution is 0.0980. The van der Waals surface area contributed by atoms with Gasteiger partial charge in [-0.15, -0.1) is 11.3 Å². The largest absolute Gasteiger partial charge is 0.339 e. The highest BCUT2D eigenvalue weighted by molar-refractivity contribution is 7.97. The molecule has 2 aromatic carbocycles. The summed E-state index contributed by atoms with van der Waals surface area (Å²) < 4.78 is 2.74. The average Bonchev–Trinajstić information content (AvgIpc) is 3.10. The molecule has 0 atom stereocenters. The third-order valence-electron chi connectivity index (χ3n) is 4.11. The van der Waals surface area contributed by atoms with Crippen molar-refractivity contribution in [3.05, 3.63) is 81.9 Å². The second kappa shape index (κ2) is 9.40.